The van der Waals surface area contributed by atoms with Gasteiger partial charge in [0.1, 0.15) is 13.2 Å². The van der Waals surface area contributed by atoms with Crippen LogP contribution >= 0.6 is 0 Å². The lowest BCUT2D eigenvalue weighted by molar-refractivity contribution is -0.166. The summed E-state index contributed by atoms with van der Waals surface area (Å²) in [4.78, 5) is 38.3. The first kappa shape index (κ1) is 75.6. The summed E-state index contributed by atoms with van der Waals surface area (Å²) >= 11 is 0. The first-order valence-corrected chi connectivity index (χ1v) is 34.1. The molecule has 0 bridgehead atoms. The van der Waals surface area contributed by atoms with Gasteiger partial charge in [-0.05, 0) is 77.0 Å². The smallest absolute Gasteiger partial charge is 0.309 e. The Hall–Kier alpha value is -3.41. The van der Waals surface area contributed by atoms with Gasteiger partial charge in [0.2, 0.25) is 0 Å². The highest BCUT2D eigenvalue weighted by Crippen LogP contribution is 2.18. The van der Waals surface area contributed by atoms with Crippen LogP contribution in [0.25, 0.3) is 0 Å². The molecule has 0 aromatic carbocycles. The normalized spacial score (nSPS) is 12.6. The van der Waals surface area contributed by atoms with Gasteiger partial charge in [0.05, 0.1) is 6.42 Å². The highest BCUT2D eigenvalue weighted by atomic mass is 16.6. The van der Waals surface area contributed by atoms with Gasteiger partial charge in [-0.25, -0.2) is 0 Å². The Kier molecular flexibility index (Phi) is 64.2. The van der Waals surface area contributed by atoms with Gasteiger partial charge in [-0.1, -0.05) is 331 Å². The number of allylic oxidation sites excluding steroid dienone is 13. The molecule has 0 fully saturated rings. The maximum Gasteiger partial charge on any atom is 0.309 e. The number of rotatable bonds is 62. The van der Waals surface area contributed by atoms with Crippen LogP contribution in [0.1, 0.15) is 342 Å². The van der Waals surface area contributed by atoms with Crippen LogP contribution in [-0.2, 0) is 28.6 Å². The average molecular weight is 1100 g/mol. The molecule has 79 heavy (non-hydrogen) atoms. The Morgan fingerprint density at radius 3 is 0.886 bits per heavy atom. The van der Waals surface area contributed by atoms with Crippen LogP contribution in [0.5, 0.6) is 0 Å². The van der Waals surface area contributed by atoms with E-state index in [2.05, 4.69) is 93.7 Å². The molecule has 1 unspecified atom stereocenters. The standard InChI is InChI=1S/C73H128O6/c1-4-7-10-13-16-19-22-25-28-30-32-34-35-36-37-39-40-42-45-48-51-54-57-60-63-66-72(75)78-69-70(68-77-71(74)65-62-59-56-53-50-47-44-27-24-21-18-15-12-9-6-3)79-73(76)67-64-61-58-55-52-49-46-43-41-38-33-31-29-26-23-20-17-14-11-8-5-2/h9,12,18,21,23,26-27,31,33,44,50,53,59,62,70H,4-8,10-11,13-17,19-20,22,24-25,28-30,32,34-43,45-49,51-52,54-58,60-61,63-69H2,1-3H3/b12-9-,21-18-,26-23-,33-31-,44-27-,53-50-,62-59-. The zero-order valence-corrected chi connectivity index (χ0v) is 52.4. The molecule has 0 heterocycles. The molecule has 0 aromatic heterocycles. The Morgan fingerprint density at radius 2 is 0.544 bits per heavy atom. The van der Waals surface area contributed by atoms with Crippen molar-refractivity contribution in [1.29, 1.82) is 0 Å². The molecule has 456 valence electrons. The van der Waals surface area contributed by atoms with Crippen molar-refractivity contribution in [2.75, 3.05) is 13.2 Å². The van der Waals surface area contributed by atoms with Crippen LogP contribution in [0.4, 0.5) is 0 Å². The van der Waals surface area contributed by atoms with Gasteiger partial charge in [0.25, 0.3) is 0 Å². The van der Waals surface area contributed by atoms with Crippen LogP contribution in [0.2, 0.25) is 0 Å². The summed E-state index contributed by atoms with van der Waals surface area (Å²) in [6, 6.07) is 0. The van der Waals surface area contributed by atoms with Gasteiger partial charge in [0.15, 0.2) is 6.10 Å². The van der Waals surface area contributed by atoms with Crippen molar-refractivity contribution in [3.05, 3.63) is 85.1 Å². The van der Waals surface area contributed by atoms with E-state index in [0.717, 1.165) is 77.0 Å². The monoisotopic (exact) mass is 1100 g/mol. The molecule has 0 aliphatic rings. The van der Waals surface area contributed by atoms with E-state index >= 15 is 0 Å². The molecule has 1 atom stereocenters. The van der Waals surface area contributed by atoms with Crippen LogP contribution < -0.4 is 0 Å². The summed E-state index contributed by atoms with van der Waals surface area (Å²) in [5.74, 6) is -1.03. The minimum Gasteiger partial charge on any atom is -0.462 e. The maximum absolute atomic E-state index is 12.9. The van der Waals surface area contributed by atoms with Gasteiger partial charge >= 0.3 is 17.9 Å². The highest BCUT2D eigenvalue weighted by Gasteiger charge is 2.19. The number of carbonyl (C=O) groups is 3. The summed E-state index contributed by atoms with van der Waals surface area (Å²) < 4.78 is 16.9. The van der Waals surface area contributed by atoms with E-state index in [1.54, 1.807) is 6.08 Å². The van der Waals surface area contributed by atoms with Crippen LogP contribution in [-0.4, -0.2) is 37.2 Å². The average Bonchev–Trinajstić information content (AvgIpc) is 3.45. The fraction of sp³-hybridized carbons (Fsp3) is 0.767. The third kappa shape index (κ3) is 65.3. The lowest BCUT2D eigenvalue weighted by Crippen LogP contribution is -2.30. The third-order valence-electron chi connectivity index (χ3n) is 14.9. The Bertz CT molecular complexity index is 1500. The molecule has 6 nitrogen and oxygen atoms in total. The molecule has 0 aromatic rings. The fourth-order valence-corrected chi connectivity index (χ4v) is 9.84. The number of carbonyl (C=O) groups excluding carboxylic acids is 3. The van der Waals surface area contributed by atoms with E-state index in [1.165, 1.54) is 225 Å². The minimum absolute atomic E-state index is 0.105. The predicted octanol–water partition coefficient (Wildman–Crippen LogP) is 23.4. The third-order valence-corrected chi connectivity index (χ3v) is 14.9. The van der Waals surface area contributed by atoms with Crippen molar-refractivity contribution in [2.45, 2.75) is 348 Å². The lowest BCUT2D eigenvalue weighted by Gasteiger charge is -2.18. The summed E-state index contributed by atoms with van der Waals surface area (Å²) in [6.07, 6.45) is 89.2. The van der Waals surface area contributed by atoms with E-state index in [-0.39, 0.29) is 31.6 Å². The van der Waals surface area contributed by atoms with Crippen LogP contribution in [0, 0.1) is 0 Å². The van der Waals surface area contributed by atoms with Gasteiger partial charge in [-0.15, -0.1) is 0 Å². The van der Waals surface area contributed by atoms with E-state index in [4.69, 9.17) is 14.2 Å². The molecule has 0 spiro atoms. The van der Waals surface area contributed by atoms with Gasteiger partial charge in [0, 0.05) is 12.8 Å². The number of hydrogen-bond donors (Lipinski definition) is 0. The zero-order chi connectivity index (χ0) is 57.1. The summed E-state index contributed by atoms with van der Waals surface area (Å²) in [6.45, 7) is 6.47. The van der Waals surface area contributed by atoms with E-state index in [1.807, 2.05) is 6.08 Å². The lowest BCUT2D eigenvalue weighted by atomic mass is 10.0. The first-order valence-electron chi connectivity index (χ1n) is 34.1. The summed E-state index contributed by atoms with van der Waals surface area (Å²) in [5.41, 5.74) is 0. The van der Waals surface area contributed by atoms with E-state index in [0.29, 0.717) is 12.8 Å². The first-order chi connectivity index (χ1) is 39.0. The Labute approximate surface area is 490 Å². The predicted molar refractivity (Wildman–Crippen MR) is 344 cm³/mol. The van der Waals surface area contributed by atoms with Crippen LogP contribution in [0.15, 0.2) is 85.1 Å². The topological polar surface area (TPSA) is 78.9 Å². The fourth-order valence-electron chi connectivity index (χ4n) is 9.84. The highest BCUT2D eigenvalue weighted by molar-refractivity contribution is 5.72. The Morgan fingerprint density at radius 1 is 0.278 bits per heavy atom. The second-order valence-corrected chi connectivity index (χ2v) is 22.7. The number of esters is 3. The molecule has 0 saturated heterocycles. The zero-order valence-electron chi connectivity index (χ0n) is 52.4. The second kappa shape index (κ2) is 67.1. The van der Waals surface area contributed by atoms with E-state index < -0.39 is 12.1 Å². The maximum atomic E-state index is 12.9. The summed E-state index contributed by atoms with van der Waals surface area (Å²) in [5, 5.41) is 0. The molecule has 0 saturated carbocycles. The number of ether oxygens (including phenoxy) is 3. The Balaban J connectivity index is 4.36. The minimum atomic E-state index is -0.819. The molecule has 0 radical (unpaired) electrons. The van der Waals surface area contributed by atoms with Crippen molar-refractivity contribution in [3.63, 3.8) is 0 Å². The van der Waals surface area contributed by atoms with Crippen molar-refractivity contribution in [2.24, 2.45) is 0 Å². The largest absolute Gasteiger partial charge is 0.462 e. The molecule has 0 amide bonds. The molecule has 0 aliphatic heterocycles. The molecule has 6 heteroatoms. The molecular formula is C73H128O6. The van der Waals surface area contributed by atoms with Crippen molar-refractivity contribution >= 4 is 17.9 Å². The van der Waals surface area contributed by atoms with Gasteiger partial charge < -0.3 is 14.2 Å². The number of unbranched alkanes of at least 4 members (excludes halogenated alkanes) is 38. The van der Waals surface area contributed by atoms with Crippen molar-refractivity contribution in [3.8, 4) is 0 Å². The molecular weight excluding hydrogens is 973 g/mol. The van der Waals surface area contributed by atoms with Crippen molar-refractivity contribution in [1.82, 2.24) is 0 Å². The van der Waals surface area contributed by atoms with Crippen molar-refractivity contribution < 1.29 is 28.6 Å². The molecule has 0 rings (SSSR count). The molecule has 0 aliphatic carbocycles. The number of hydrogen-bond acceptors (Lipinski definition) is 6. The molecule has 0 N–H and O–H groups in total. The van der Waals surface area contributed by atoms with Crippen LogP contribution in [0.3, 0.4) is 0 Å². The van der Waals surface area contributed by atoms with Gasteiger partial charge in [-0.3, -0.25) is 14.4 Å². The summed E-state index contributed by atoms with van der Waals surface area (Å²) in [7, 11) is 0. The second-order valence-electron chi connectivity index (χ2n) is 22.7. The van der Waals surface area contributed by atoms with E-state index in [9.17, 15) is 14.4 Å². The van der Waals surface area contributed by atoms with Gasteiger partial charge in [-0.2, -0.15) is 0 Å². The SMILES string of the molecule is CC/C=C\C/C=C\C/C=C\C/C=C\C/C=C\CC(=O)OCC(COC(=O)CCCCCCCCCCCCCCCCCCCCCCCCCCC)OC(=O)CCCCCCCCCCC/C=C\C/C=C\CCCCCCC. The quantitative estimate of drug-likeness (QED) is 0.0261.